The zero-order chi connectivity index (χ0) is 39.8. The van der Waals surface area contributed by atoms with Crippen LogP contribution < -0.4 is 4.90 Å². The molecule has 0 aliphatic rings. The highest BCUT2D eigenvalue weighted by atomic mass is 16.3. The first-order valence-corrected chi connectivity index (χ1v) is 20.1. The number of aromatic nitrogens is 3. The molecule has 0 saturated heterocycles. The maximum atomic E-state index is 6.92. The maximum Gasteiger partial charge on any atom is 0.164 e. The van der Waals surface area contributed by atoms with E-state index in [0.717, 1.165) is 77.6 Å². The van der Waals surface area contributed by atoms with Crippen LogP contribution in [0, 0.1) is 0 Å². The third kappa shape index (κ3) is 6.35. The fourth-order valence-electron chi connectivity index (χ4n) is 8.24. The molecular formula is C55H36N4O. The molecule has 60 heavy (non-hydrogen) atoms. The first-order chi connectivity index (χ1) is 29.7. The monoisotopic (exact) mass is 768 g/mol. The number of para-hydroxylation sites is 1. The molecule has 2 heterocycles. The van der Waals surface area contributed by atoms with E-state index >= 15 is 0 Å². The normalized spacial score (nSPS) is 11.3. The van der Waals surface area contributed by atoms with Gasteiger partial charge >= 0.3 is 0 Å². The van der Waals surface area contributed by atoms with Crippen molar-refractivity contribution in [1.29, 1.82) is 0 Å². The van der Waals surface area contributed by atoms with Crippen LogP contribution in [0.15, 0.2) is 223 Å². The molecule has 0 aliphatic carbocycles. The number of hydrogen-bond donors (Lipinski definition) is 0. The highest BCUT2D eigenvalue weighted by molar-refractivity contribution is 6.25. The van der Waals surface area contributed by atoms with Crippen molar-refractivity contribution in [1.82, 2.24) is 15.0 Å². The summed E-state index contributed by atoms with van der Waals surface area (Å²) >= 11 is 0. The van der Waals surface area contributed by atoms with Crippen LogP contribution in [-0.4, -0.2) is 15.0 Å². The van der Waals surface area contributed by atoms with Gasteiger partial charge in [-0.25, -0.2) is 15.0 Å². The highest BCUT2D eigenvalue weighted by Crippen LogP contribution is 2.45. The van der Waals surface area contributed by atoms with E-state index in [1.807, 2.05) is 78.9 Å². The van der Waals surface area contributed by atoms with Crippen molar-refractivity contribution in [3.8, 4) is 56.4 Å². The van der Waals surface area contributed by atoms with Crippen LogP contribution in [0.3, 0.4) is 0 Å². The summed E-state index contributed by atoms with van der Waals surface area (Å²) in [5, 5.41) is 4.23. The molecule has 0 aliphatic heterocycles. The van der Waals surface area contributed by atoms with Crippen molar-refractivity contribution in [2.75, 3.05) is 4.90 Å². The number of nitrogens with zero attached hydrogens (tertiary/aromatic N) is 4. The number of anilines is 3. The molecule has 0 bridgehead atoms. The molecule has 0 unspecified atom stereocenters. The first-order valence-electron chi connectivity index (χ1n) is 20.1. The number of benzene rings is 9. The third-order valence-corrected chi connectivity index (χ3v) is 11.1. The minimum absolute atomic E-state index is 0.590. The van der Waals surface area contributed by atoms with Gasteiger partial charge in [0.2, 0.25) is 0 Å². The van der Waals surface area contributed by atoms with Crippen LogP contribution in [0.5, 0.6) is 0 Å². The lowest BCUT2D eigenvalue weighted by atomic mass is 9.94. The summed E-state index contributed by atoms with van der Waals surface area (Å²) in [5.41, 5.74) is 12.0. The Morgan fingerprint density at radius 2 is 0.817 bits per heavy atom. The van der Waals surface area contributed by atoms with Crippen LogP contribution >= 0.6 is 0 Å². The molecule has 0 saturated carbocycles. The van der Waals surface area contributed by atoms with Gasteiger partial charge in [-0.3, -0.25) is 0 Å². The average Bonchev–Trinajstić information content (AvgIpc) is 3.73. The van der Waals surface area contributed by atoms with Gasteiger partial charge in [-0.05, 0) is 76.0 Å². The molecule has 0 fully saturated rings. The van der Waals surface area contributed by atoms with E-state index in [4.69, 9.17) is 19.4 Å². The van der Waals surface area contributed by atoms with Crippen molar-refractivity contribution in [2.45, 2.75) is 0 Å². The van der Waals surface area contributed by atoms with Gasteiger partial charge in [-0.2, -0.15) is 0 Å². The smallest absolute Gasteiger partial charge is 0.164 e. The predicted molar refractivity (Wildman–Crippen MR) is 246 cm³/mol. The molecule has 9 aromatic carbocycles. The maximum absolute atomic E-state index is 6.92. The van der Waals surface area contributed by atoms with Crippen LogP contribution in [0.2, 0.25) is 0 Å². The molecule has 5 nitrogen and oxygen atoms in total. The minimum Gasteiger partial charge on any atom is -0.455 e. The number of hydrogen-bond acceptors (Lipinski definition) is 5. The summed E-state index contributed by atoms with van der Waals surface area (Å²) in [4.78, 5) is 17.5. The molecule has 11 aromatic rings. The van der Waals surface area contributed by atoms with Gasteiger partial charge in [0.05, 0.1) is 0 Å². The molecule has 0 radical (unpaired) electrons. The summed E-state index contributed by atoms with van der Waals surface area (Å²) in [6.45, 7) is 0. The second-order valence-electron chi connectivity index (χ2n) is 14.8. The molecule has 282 valence electrons. The predicted octanol–water partition coefficient (Wildman–Crippen LogP) is 14.7. The van der Waals surface area contributed by atoms with E-state index < -0.39 is 0 Å². The average molecular weight is 769 g/mol. The summed E-state index contributed by atoms with van der Waals surface area (Å²) in [6.07, 6.45) is 0. The Balaban J connectivity index is 1.06. The van der Waals surface area contributed by atoms with Gasteiger partial charge in [0.25, 0.3) is 0 Å². The Morgan fingerprint density at radius 3 is 1.43 bits per heavy atom. The second-order valence-corrected chi connectivity index (χ2v) is 14.8. The molecule has 0 spiro atoms. The van der Waals surface area contributed by atoms with E-state index in [0.29, 0.717) is 17.5 Å². The molecule has 2 aromatic heterocycles. The van der Waals surface area contributed by atoms with Crippen molar-refractivity contribution in [3.05, 3.63) is 218 Å². The molecule has 0 atom stereocenters. The van der Waals surface area contributed by atoms with Crippen LogP contribution in [0.25, 0.3) is 89.1 Å². The van der Waals surface area contributed by atoms with E-state index in [9.17, 15) is 0 Å². The summed E-state index contributed by atoms with van der Waals surface area (Å²) in [6, 6.07) is 75.7. The lowest BCUT2D eigenvalue weighted by Crippen LogP contribution is -2.09. The van der Waals surface area contributed by atoms with Gasteiger partial charge in [-0.15, -0.1) is 0 Å². The van der Waals surface area contributed by atoms with Crippen LogP contribution in [-0.2, 0) is 0 Å². The summed E-state index contributed by atoms with van der Waals surface area (Å²) in [5.74, 6) is 1.82. The van der Waals surface area contributed by atoms with Crippen LogP contribution in [0.4, 0.5) is 17.1 Å². The Bertz CT molecular complexity index is 3220. The zero-order valence-electron chi connectivity index (χ0n) is 32.5. The SMILES string of the molecule is c1ccc(-c2ccc(N(c3ccccc3)c3ccc(-c4cc5ccccc5c5c4oc4cccc(-c6nc(-c7ccccc7)nc(-c7ccccc7)n6)c45)cc3)cc2)cc1. The molecule has 11 rings (SSSR count). The number of fused-ring (bicyclic) bond motifs is 5. The van der Waals surface area contributed by atoms with Gasteiger partial charge in [0.1, 0.15) is 11.2 Å². The van der Waals surface area contributed by atoms with Crippen LogP contribution in [0.1, 0.15) is 0 Å². The highest BCUT2D eigenvalue weighted by Gasteiger charge is 2.22. The fraction of sp³-hybridized carbons (Fsp3) is 0. The molecule has 0 N–H and O–H groups in total. The van der Waals surface area contributed by atoms with Crippen molar-refractivity contribution in [2.24, 2.45) is 0 Å². The quantitative estimate of drug-likeness (QED) is 0.154. The van der Waals surface area contributed by atoms with Crippen molar-refractivity contribution >= 4 is 49.8 Å². The van der Waals surface area contributed by atoms with E-state index in [2.05, 4.69) is 144 Å². The summed E-state index contributed by atoms with van der Waals surface area (Å²) < 4.78 is 6.92. The van der Waals surface area contributed by atoms with E-state index in [1.54, 1.807) is 0 Å². The Kier molecular flexibility index (Phi) is 8.75. The van der Waals surface area contributed by atoms with Crippen molar-refractivity contribution < 1.29 is 4.42 Å². The van der Waals surface area contributed by atoms with Gasteiger partial charge in [-0.1, -0.05) is 170 Å². The molecule has 0 amide bonds. The number of furan rings is 1. The van der Waals surface area contributed by atoms with E-state index in [1.165, 1.54) is 11.1 Å². The Morgan fingerprint density at radius 1 is 0.333 bits per heavy atom. The van der Waals surface area contributed by atoms with E-state index in [-0.39, 0.29) is 0 Å². The lowest BCUT2D eigenvalue weighted by Gasteiger charge is -2.26. The minimum atomic E-state index is 0.590. The number of rotatable bonds is 8. The van der Waals surface area contributed by atoms with Gasteiger partial charge in [0, 0.05) is 50.1 Å². The lowest BCUT2D eigenvalue weighted by molar-refractivity contribution is 0.670. The summed E-state index contributed by atoms with van der Waals surface area (Å²) in [7, 11) is 0. The standard InChI is InChI=1S/C55H36N4O/c1-5-16-37(17-6-1)38-28-32-44(33-29-38)59(43-23-11-4-12-24-43)45-34-30-39(31-35-45)48-36-42-22-13-14-25-46(42)51-50-47(26-15-27-49(50)60-52(48)51)55-57-53(40-18-7-2-8-19-40)56-54(58-55)41-20-9-3-10-21-41/h1-36H. The largest absolute Gasteiger partial charge is 0.455 e. The second kappa shape index (κ2) is 15.0. The first kappa shape index (κ1) is 35.0. The Hall–Kier alpha value is -8.15. The Labute approximate surface area is 347 Å². The topological polar surface area (TPSA) is 55.1 Å². The van der Waals surface area contributed by atoms with Crippen molar-refractivity contribution in [3.63, 3.8) is 0 Å². The molecule has 5 heteroatoms. The fourth-order valence-corrected chi connectivity index (χ4v) is 8.24. The van der Waals surface area contributed by atoms with Gasteiger partial charge < -0.3 is 9.32 Å². The molecular weight excluding hydrogens is 733 g/mol. The third-order valence-electron chi connectivity index (χ3n) is 11.1. The van der Waals surface area contributed by atoms with Gasteiger partial charge in [0.15, 0.2) is 17.5 Å². The zero-order valence-corrected chi connectivity index (χ0v) is 32.5.